The number of cyclic esters (lactones) is 1. The Morgan fingerprint density at radius 2 is 1.28 bits per heavy atom. The second-order valence-electron chi connectivity index (χ2n) is 9.13. The van der Waals surface area contributed by atoms with Gasteiger partial charge in [0.25, 0.3) is 0 Å². The van der Waals surface area contributed by atoms with Gasteiger partial charge in [-0.25, -0.2) is 0 Å². The van der Waals surface area contributed by atoms with E-state index >= 15 is 0 Å². The molecule has 2 saturated carbocycles. The minimum Gasteiger partial charge on any atom is -0.458 e. The molecule has 5 nitrogen and oxygen atoms in total. The van der Waals surface area contributed by atoms with Crippen LogP contribution in [0.2, 0.25) is 0 Å². The van der Waals surface area contributed by atoms with Crippen LogP contribution in [0.3, 0.4) is 0 Å². The first-order valence-corrected chi connectivity index (χ1v) is 10.3. The highest BCUT2D eigenvalue weighted by molar-refractivity contribution is 5.78. The summed E-state index contributed by atoms with van der Waals surface area (Å²) in [6, 6.07) is 0. The van der Waals surface area contributed by atoms with Gasteiger partial charge in [0.2, 0.25) is 0 Å². The van der Waals surface area contributed by atoms with Gasteiger partial charge in [0, 0.05) is 5.92 Å². The minimum atomic E-state index is -0.415. The summed E-state index contributed by atoms with van der Waals surface area (Å²) in [5.41, 5.74) is -0.415. The van der Waals surface area contributed by atoms with E-state index in [9.17, 15) is 15.0 Å². The SMILES string of the molecule is O=C1OC(C2CCC(O)CC2)(C2CCC(O)CC2)C2C3CCC(O3)C12. The first-order valence-electron chi connectivity index (χ1n) is 10.3. The van der Waals surface area contributed by atoms with E-state index in [1.807, 2.05) is 0 Å². The molecule has 0 spiro atoms. The van der Waals surface area contributed by atoms with Crippen molar-refractivity contribution in [1.29, 1.82) is 0 Å². The van der Waals surface area contributed by atoms with Crippen LogP contribution in [0.4, 0.5) is 0 Å². The summed E-state index contributed by atoms with van der Waals surface area (Å²) in [7, 11) is 0. The molecule has 5 heteroatoms. The molecule has 140 valence electrons. The first-order chi connectivity index (χ1) is 12.1. The summed E-state index contributed by atoms with van der Waals surface area (Å²) in [6.07, 6.45) is 8.86. The van der Waals surface area contributed by atoms with Crippen molar-refractivity contribution in [2.75, 3.05) is 0 Å². The summed E-state index contributed by atoms with van der Waals surface area (Å²) in [6.45, 7) is 0. The van der Waals surface area contributed by atoms with E-state index in [4.69, 9.17) is 9.47 Å². The van der Waals surface area contributed by atoms with Gasteiger partial charge in [0.15, 0.2) is 0 Å². The summed E-state index contributed by atoms with van der Waals surface area (Å²) in [5, 5.41) is 20.0. The monoisotopic (exact) mass is 350 g/mol. The molecular formula is C20H30O5. The highest BCUT2D eigenvalue weighted by Gasteiger charge is 2.71. The number of fused-ring (bicyclic) bond motifs is 5. The molecule has 3 heterocycles. The fraction of sp³-hybridized carbons (Fsp3) is 0.950. The lowest BCUT2D eigenvalue weighted by molar-refractivity contribution is -0.180. The average Bonchev–Trinajstić information content (AvgIpc) is 3.29. The number of hydrogen-bond acceptors (Lipinski definition) is 5. The molecule has 3 saturated heterocycles. The number of carbonyl (C=O) groups is 1. The van der Waals surface area contributed by atoms with E-state index in [0.29, 0.717) is 11.8 Å². The fourth-order valence-corrected chi connectivity index (χ4v) is 6.96. The van der Waals surface area contributed by atoms with Crippen molar-refractivity contribution >= 4 is 5.97 Å². The Morgan fingerprint density at radius 3 is 1.84 bits per heavy atom. The van der Waals surface area contributed by atoms with E-state index in [0.717, 1.165) is 64.2 Å². The van der Waals surface area contributed by atoms with Crippen molar-refractivity contribution in [2.24, 2.45) is 23.7 Å². The Labute approximate surface area is 149 Å². The molecule has 2 N–H and O–H groups in total. The third-order valence-corrected chi connectivity index (χ3v) is 8.01. The number of carbonyl (C=O) groups excluding carboxylic acids is 1. The lowest BCUT2D eigenvalue weighted by Crippen LogP contribution is -2.55. The topological polar surface area (TPSA) is 76.0 Å². The Kier molecular flexibility index (Phi) is 3.92. The summed E-state index contributed by atoms with van der Waals surface area (Å²) >= 11 is 0. The summed E-state index contributed by atoms with van der Waals surface area (Å²) in [5.74, 6) is 0.752. The van der Waals surface area contributed by atoms with Gasteiger partial charge in [-0.3, -0.25) is 4.79 Å². The molecule has 0 aromatic heterocycles. The maximum absolute atomic E-state index is 12.9. The van der Waals surface area contributed by atoms with Crippen molar-refractivity contribution < 1.29 is 24.5 Å². The van der Waals surface area contributed by atoms with Crippen LogP contribution < -0.4 is 0 Å². The van der Waals surface area contributed by atoms with Gasteiger partial charge >= 0.3 is 5.97 Å². The van der Waals surface area contributed by atoms with Crippen LogP contribution in [0.25, 0.3) is 0 Å². The van der Waals surface area contributed by atoms with Crippen LogP contribution in [-0.2, 0) is 14.3 Å². The third kappa shape index (κ3) is 2.35. The maximum atomic E-state index is 12.9. The molecule has 5 rings (SSSR count). The molecule has 2 aliphatic carbocycles. The van der Waals surface area contributed by atoms with Gasteiger partial charge in [-0.05, 0) is 76.0 Å². The van der Waals surface area contributed by atoms with Crippen LogP contribution in [0.1, 0.15) is 64.2 Å². The Hall–Kier alpha value is -0.650. The molecule has 4 unspecified atom stereocenters. The zero-order valence-corrected chi connectivity index (χ0v) is 14.8. The summed E-state index contributed by atoms with van der Waals surface area (Å²) < 4.78 is 12.6. The number of aliphatic hydroxyl groups excluding tert-OH is 2. The van der Waals surface area contributed by atoms with Gasteiger partial charge in [0.1, 0.15) is 5.60 Å². The van der Waals surface area contributed by atoms with Gasteiger partial charge in [-0.15, -0.1) is 0 Å². The molecule has 25 heavy (non-hydrogen) atoms. The normalized spacial score (nSPS) is 55.2. The highest BCUT2D eigenvalue weighted by atomic mass is 16.6. The van der Waals surface area contributed by atoms with E-state index in [1.165, 1.54) is 0 Å². The number of rotatable bonds is 2. The van der Waals surface area contributed by atoms with Crippen molar-refractivity contribution in [3.63, 3.8) is 0 Å². The lowest BCUT2D eigenvalue weighted by atomic mass is 9.57. The standard InChI is InChI=1S/C20H30O5/c21-13-5-1-11(2-6-13)20(12-3-7-14(22)8-4-12)18-16-10-9-15(24-16)17(18)19(23)25-20/h11-18,21-22H,1-10H2. The predicted octanol–water partition coefficient (Wildman–Crippen LogP) is 2.18. The van der Waals surface area contributed by atoms with Crippen molar-refractivity contribution in [1.82, 2.24) is 0 Å². The van der Waals surface area contributed by atoms with Gasteiger partial charge < -0.3 is 19.7 Å². The van der Waals surface area contributed by atoms with E-state index in [-0.39, 0.29) is 42.2 Å². The Morgan fingerprint density at radius 1 is 0.760 bits per heavy atom. The largest absolute Gasteiger partial charge is 0.458 e. The van der Waals surface area contributed by atoms with Crippen LogP contribution in [-0.4, -0.2) is 46.2 Å². The van der Waals surface area contributed by atoms with Crippen molar-refractivity contribution in [2.45, 2.75) is 94.2 Å². The van der Waals surface area contributed by atoms with Gasteiger partial charge in [-0.1, -0.05) is 0 Å². The molecule has 0 radical (unpaired) electrons. The molecule has 5 fully saturated rings. The molecule has 0 amide bonds. The molecular weight excluding hydrogens is 320 g/mol. The van der Waals surface area contributed by atoms with E-state index in [1.54, 1.807) is 0 Å². The summed E-state index contributed by atoms with van der Waals surface area (Å²) in [4.78, 5) is 12.9. The van der Waals surface area contributed by atoms with Crippen LogP contribution in [0, 0.1) is 23.7 Å². The van der Waals surface area contributed by atoms with E-state index in [2.05, 4.69) is 0 Å². The third-order valence-electron chi connectivity index (χ3n) is 8.01. The quantitative estimate of drug-likeness (QED) is 0.747. The van der Waals surface area contributed by atoms with Crippen LogP contribution >= 0.6 is 0 Å². The van der Waals surface area contributed by atoms with Crippen LogP contribution in [0.5, 0.6) is 0 Å². The molecule has 5 aliphatic rings. The molecule has 3 aliphatic heterocycles. The van der Waals surface area contributed by atoms with Crippen LogP contribution in [0.15, 0.2) is 0 Å². The van der Waals surface area contributed by atoms with Crippen molar-refractivity contribution in [3.05, 3.63) is 0 Å². The number of ether oxygens (including phenoxy) is 2. The fourth-order valence-electron chi connectivity index (χ4n) is 6.96. The number of hydrogen-bond donors (Lipinski definition) is 2. The Balaban J connectivity index is 1.51. The second kappa shape index (κ2) is 5.93. The van der Waals surface area contributed by atoms with Gasteiger partial charge in [-0.2, -0.15) is 0 Å². The highest BCUT2D eigenvalue weighted by Crippen LogP contribution is 2.62. The molecule has 4 atom stereocenters. The molecule has 2 bridgehead atoms. The molecule has 0 aromatic rings. The zero-order valence-electron chi connectivity index (χ0n) is 14.8. The van der Waals surface area contributed by atoms with E-state index < -0.39 is 5.60 Å². The number of esters is 1. The van der Waals surface area contributed by atoms with Gasteiger partial charge in [0.05, 0.1) is 30.3 Å². The maximum Gasteiger partial charge on any atom is 0.312 e. The van der Waals surface area contributed by atoms with Crippen molar-refractivity contribution in [3.8, 4) is 0 Å². The lowest BCUT2D eigenvalue weighted by Gasteiger charge is -2.50. The number of aliphatic hydroxyl groups is 2. The minimum absolute atomic E-state index is 0.0329. The zero-order chi connectivity index (χ0) is 17.2. The predicted molar refractivity (Wildman–Crippen MR) is 89.6 cm³/mol. The molecule has 0 aromatic carbocycles. The second-order valence-corrected chi connectivity index (χ2v) is 9.13. The first kappa shape index (κ1) is 16.5. The smallest absolute Gasteiger partial charge is 0.312 e. The Bertz CT molecular complexity index is 510. The average molecular weight is 350 g/mol.